The second-order valence-corrected chi connectivity index (χ2v) is 6.81. The molecule has 5 nitrogen and oxygen atoms in total. The Hall–Kier alpha value is -2.63. The van der Waals surface area contributed by atoms with Crippen molar-refractivity contribution in [2.75, 3.05) is 18.1 Å². The molecule has 1 atom stereocenters. The Kier molecular flexibility index (Phi) is 5.23. The molecule has 138 valence electrons. The molecule has 1 amide bonds. The van der Waals surface area contributed by atoms with Crippen LogP contribution in [0.15, 0.2) is 65.3 Å². The van der Waals surface area contributed by atoms with Gasteiger partial charge in [0, 0.05) is 30.3 Å². The molecule has 0 bridgehead atoms. The fourth-order valence-corrected chi connectivity index (χ4v) is 3.44. The number of carbonyl (C=O) groups excluding carboxylic acids is 1. The predicted octanol–water partition coefficient (Wildman–Crippen LogP) is 4.82. The summed E-state index contributed by atoms with van der Waals surface area (Å²) < 4.78 is 11.6. The number of hydrogen-bond donors (Lipinski definition) is 0. The number of hydrogen-bond acceptors (Lipinski definition) is 4. The van der Waals surface area contributed by atoms with E-state index in [0.29, 0.717) is 17.3 Å². The highest BCUT2D eigenvalue weighted by Gasteiger charge is 2.26. The predicted molar refractivity (Wildman–Crippen MR) is 104 cm³/mol. The second kappa shape index (κ2) is 7.94. The van der Waals surface area contributed by atoms with Gasteiger partial charge in [0.05, 0.1) is 17.7 Å². The third-order valence-corrected chi connectivity index (χ3v) is 4.92. The lowest BCUT2D eigenvalue weighted by Gasteiger charge is -2.24. The maximum atomic E-state index is 13.2. The van der Waals surface area contributed by atoms with Gasteiger partial charge in [0.15, 0.2) is 5.76 Å². The molecule has 0 spiro atoms. The van der Waals surface area contributed by atoms with Crippen LogP contribution in [-0.4, -0.2) is 30.1 Å². The van der Waals surface area contributed by atoms with Gasteiger partial charge >= 0.3 is 0 Å². The van der Waals surface area contributed by atoms with E-state index in [1.807, 2.05) is 30.3 Å². The average Bonchev–Trinajstić information content (AvgIpc) is 3.39. The number of furan rings is 1. The lowest BCUT2D eigenvalue weighted by Crippen LogP contribution is -2.37. The molecule has 2 aromatic heterocycles. The molecule has 6 heteroatoms. The Morgan fingerprint density at radius 1 is 1.15 bits per heavy atom. The molecule has 1 aromatic carbocycles. The molecule has 0 aliphatic carbocycles. The van der Waals surface area contributed by atoms with Gasteiger partial charge in [-0.05, 0) is 49.2 Å². The van der Waals surface area contributed by atoms with E-state index < -0.39 is 0 Å². The Bertz CT molecular complexity index is 920. The van der Waals surface area contributed by atoms with Gasteiger partial charge < -0.3 is 14.1 Å². The summed E-state index contributed by atoms with van der Waals surface area (Å²) in [5.41, 5.74) is 1.52. The molecule has 1 aliphatic heterocycles. The highest BCUT2D eigenvalue weighted by Crippen LogP contribution is 2.30. The van der Waals surface area contributed by atoms with Gasteiger partial charge in [-0.3, -0.25) is 9.78 Å². The van der Waals surface area contributed by atoms with Gasteiger partial charge in [-0.15, -0.1) is 0 Å². The minimum atomic E-state index is -0.213. The van der Waals surface area contributed by atoms with E-state index >= 15 is 0 Å². The number of aromatic nitrogens is 1. The van der Waals surface area contributed by atoms with Crippen LogP contribution in [0.1, 0.15) is 23.4 Å². The standard InChI is InChI=1S/C21H19ClN2O3/c22-18-6-2-1-5-17(18)19-7-8-20(27-19)21(25)24(14-16-4-3-13-26-16)15-9-11-23-12-10-15/h1-2,5-12,16H,3-4,13-14H2/t16-/m0/s1. The molecule has 1 saturated heterocycles. The minimum Gasteiger partial charge on any atom is -0.451 e. The second-order valence-electron chi connectivity index (χ2n) is 6.40. The highest BCUT2D eigenvalue weighted by atomic mass is 35.5. The summed E-state index contributed by atoms with van der Waals surface area (Å²) in [6.07, 6.45) is 5.32. The summed E-state index contributed by atoms with van der Waals surface area (Å²) in [5, 5.41) is 0.580. The Morgan fingerprint density at radius 2 is 1.96 bits per heavy atom. The van der Waals surface area contributed by atoms with Crippen molar-refractivity contribution in [1.82, 2.24) is 4.98 Å². The first-order valence-electron chi connectivity index (χ1n) is 8.90. The van der Waals surface area contributed by atoms with Gasteiger partial charge in [0.2, 0.25) is 0 Å². The van der Waals surface area contributed by atoms with E-state index in [9.17, 15) is 4.79 Å². The van der Waals surface area contributed by atoms with E-state index in [-0.39, 0.29) is 17.8 Å². The zero-order valence-electron chi connectivity index (χ0n) is 14.7. The van der Waals surface area contributed by atoms with Gasteiger partial charge in [-0.1, -0.05) is 23.7 Å². The van der Waals surface area contributed by atoms with Crippen LogP contribution >= 0.6 is 11.6 Å². The normalized spacial score (nSPS) is 16.4. The maximum absolute atomic E-state index is 13.2. The van der Waals surface area contributed by atoms with Crippen LogP contribution in [0.2, 0.25) is 5.02 Å². The van der Waals surface area contributed by atoms with Crippen LogP contribution in [0.3, 0.4) is 0 Å². The first kappa shape index (κ1) is 17.8. The molecule has 0 unspecified atom stereocenters. The molecule has 4 rings (SSSR count). The summed E-state index contributed by atoms with van der Waals surface area (Å²) in [7, 11) is 0. The van der Waals surface area contributed by atoms with E-state index in [1.165, 1.54) is 0 Å². The Balaban J connectivity index is 1.62. The molecular weight excluding hydrogens is 364 g/mol. The number of pyridine rings is 1. The van der Waals surface area contributed by atoms with Crippen LogP contribution in [-0.2, 0) is 4.74 Å². The number of halogens is 1. The van der Waals surface area contributed by atoms with E-state index in [1.54, 1.807) is 35.5 Å². The summed E-state index contributed by atoms with van der Waals surface area (Å²) in [6.45, 7) is 1.21. The van der Waals surface area contributed by atoms with Crippen molar-refractivity contribution in [2.45, 2.75) is 18.9 Å². The smallest absolute Gasteiger partial charge is 0.294 e. The van der Waals surface area contributed by atoms with Crippen molar-refractivity contribution in [3.8, 4) is 11.3 Å². The minimum absolute atomic E-state index is 0.0279. The lowest BCUT2D eigenvalue weighted by atomic mass is 10.2. The van der Waals surface area contributed by atoms with E-state index in [4.69, 9.17) is 20.8 Å². The third-order valence-electron chi connectivity index (χ3n) is 4.59. The number of carbonyl (C=O) groups is 1. The van der Waals surface area contributed by atoms with Crippen LogP contribution < -0.4 is 4.90 Å². The summed E-state index contributed by atoms with van der Waals surface area (Å²) in [6, 6.07) is 14.5. The topological polar surface area (TPSA) is 55.6 Å². The van der Waals surface area contributed by atoms with Crippen molar-refractivity contribution in [2.24, 2.45) is 0 Å². The summed E-state index contributed by atoms with van der Waals surface area (Å²) in [4.78, 5) is 18.9. The molecule has 3 heterocycles. The number of ether oxygens (including phenoxy) is 1. The first-order chi connectivity index (χ1) is 13.2. The van der Waals surface area contributed by atoms with Gasteiger partial charge in [0.1, 0.15) is 5.76 Å². The number of anilines is 1. The molecule has 1 fully saturated rings. The molecule has 0 radical (unpaired) electrons. The van der Waals surface area contributed by atoms with Crippen LogP contribution in [0.5, 0.6) is 0 Å². The lowest BCUT2D eigenvalue weighted by molar-refractivity contribution is 0.0895. The summed E-state index contributed by atoms with van der Waals surface area (Å²) in [5.74, 6) is 0.616. The van der Waals surface area contributed by atoms with Crippen molar-refractivity contribution >= 4 is 23.2 Å². The molecule has 0 saturated carbocycles. The third kappa shape index (κ3) is 3.89. The maximum Gasteiger partial charge on any atom is 0.294 e. The number of amides is 1. The number of rotatable bonds is 5. The van der Waals surface area contributed by atoms with E-state index in [0.717, 1.165) is 30.7 Å². The molecule has 3 aromatic rings. The molecule has 27 heavy (non-hydrogen) atoms. The quantitative estimate of drug-likeness (QED) is 0.634. The first-order valence-corrected chi connectivity index (χ1v) is 9.28. The molecule has 0 N–H and O–H groups in total. The van der Waals surface area contributed by atoms with Crippen molar-refractivity contribution in [3.05, 3.63) is 71.7 Å². The number of benzene rings is 1. The SMILES string of the molecule is O=C(c1ccc(-c2ccccc2Cl)o1)N(C[C@@H]1CCCO1)c1ccncc1. The monoisotopic (exact) mass is 382 g/mol. The average molecular weight is 383 g/mol. The largest absolute Gasteiger partial charge is 0.451 e. The number of nitrogens with zero attached hydrogens (tertiary/aromatic N) is 2. The highest BCUT2D eigenvalue weighted by molar-refractivity contribution is 6.33. The van der Waals surface area contributed by atoms with Crippen LogP contribution in [0, 0.1) is 0 Å². The zero-order chi connectivity index (χ0) is 18.6. The van der Waals surface area contributed by atoms with E-state index in [2.05, 4.69) is 4.98 Å². The van der Waals surface area contributed by atoms with Crippen LogP contribution in [0.4, 0.5) is 5.69 Å². The van der Waals surface area contributed by atoms with Crippen molar-refractivity contribution < 1.29 is 13.9 Å². The van der Waals surface area contributed by atoms with Crippen LogP contribution in [0.25, 0.3) is 11.3 Å². The Labute approximate surface area is 162 Å². The Morgan fingerprint density at radius 3 is 2.70 bits per heavy atom. The molecular formula is C21H19ClN2O3. The fraction of sp³-hybridized carbons (Fsp3) is 0.238. The van der Waals surface area contributed by atoms with Crippen molar-refractivity contribution in [1.29, 1.82) is 0 Å². The fourth-order valence-electron chi connectivity index (χ4n) is 3.21. The van der Waals surface area contributed by atoms with Crippen molar-refractivity contribution in [3.63, 3.8) is 0 Å². The molecule has 1 aliphatic rings. The van der Waals surface area contributed by atoms with Gasteiger partial charge in [0.25, 0.3) is 5.91 Å². The van der Waals surface area contributed by atoms with Gasteiger partial charge in [-0.25, -0.2) is 0 Å². The zero-order valence-corrected chi connectivity index (χ0v) is 15.4. The van der Waals surface area contributed by atoms with Gasteiger partial charge in [-0.2, -0.15) is 0 Å². The summed E-state index contributed by atoms with van der Waals surface area (Å²) >= 11 is 6.24.